The van der Waals surface area contributed by atoms with Crippen LogP contribution >= 0.6 is 0 Å². The Morgan fingerprint density at radius 2 is 2.00 bits per heavy atom. The van der Waals surface area contributed by atoms with Gasteiger partial charge in [0.25, 0.3) is 0 Å². The SMILES string of the molecule is [CH]=C=C1C#CC([C@@H]2CC[C@H]2c2ncco2)=Nc2c1cnn2C1CCOCC1. The highest BCUT2D eigenvalue weighted by Gasteiger charge is 2.39. The third-order valence-corrected chi connectivity index (χ3v) is 5.66. The fourth-order valence-electron chi connectivity index (χ4n) is 4.01. The van der Waals surface area contributed by atoms with Gasteiger partial charge in [0.1, 0.15) is 6.26 Å². The average molecular weight is 359 g/mol. The first kappa shape index (κ1) is 16.3. The number of fused-ring (bicyclic) bond motifs is 1. The fourth-order valence-corrected chi connectivity index (χ4v) is 4.01. The van der Waals surface area contributed by atoms with Crippen molar-refractivity contribution in [3.8, 4) is 11.8 Å². The quantitative estimate of drug-likeness (QED) is 0.622. The molecule has 2 aromatic heterocycles. The smallest absolute Gasteiger partial charge is 0.197 e. The van der Waals surface area contributed by atoms with Gasteiger partial charge < -0.3 is 9.15 Å². The molecule has 0 aromatic carbocycles. The van der Waals surface area contributed by atoms with Gasteiger partial charge in [-0.1, -0.05) is 5.92 Å². The Bertz CT molecular complexity index is 993. The second-order valence-electron chi connectivity index (χ2n) is 7.10. The molecule has 0 amide bonds. The summed E-state index contributed by atoms with van der Waals surface area (Å²) in [5.74, 6) is 8.37. The van der Waals surface area contributed by atoms with E-state index >= 15 is 0 Å². The largest absolute Gasteiger partial charge is 0.449 e. The molecule has 6 heteroatoms. The van der Waals surface area contributed by atoms with E-state index < -0.39 is 0 Å². The van der Waals surface area contributed by atoms with Gasteiger partial charge in [0.05, 0.1) is 35.3 Å². The highest BCUT2D eigenvalue weighted by molar-refractivity contribution is 6.08. The van der Waals surface area contributed by atoms with Crippen LogP contribution in [0.3, 0.4) is 0 Å². The summed E-state index contributed by atoms with van der Waals surface area (Å²) in [6.45, 7) is 7.21. The van der Waals surface area contributed by atoms with Crippen molar-refractivity contribution in [1.82, 2.24) is 14.8 Å². The van der Waals surface area contributed by atoms with Crippen molar-refractivity contribution in [2.45, 2.75) is 37.6 Å². The first-order valence-electron chi connectivity index (χ1n) is 9.34. The molecule has 1 saturated heterocycles. The zero-order valence-corrected chi connectivity index (χ0v) is 14.9. The minimum absolute atomic E-state index is 0.208. The van der Waals surface area contributed by atoms with E-state index in [0.29, 0.717) is 5.57 Å². The van der Waals surface area contributed by atoms with Crippen LogP contribution in [0.4, 0.5) is 5.82 Å². The van der Waals surface area contributed by atoms with Crippen molar-refractivity contribution >= 4 is 17.1 Å². The summed E-state index contributed by atoms with van der Waals surface area (Å²) >= 11 is 0. The Hall–Kier alpha value is -2.87. The number of oxazole rings is 1. The highest BCUT2D eigenvalue weighted by atomic mass is 16.5. The summed E-state index contributed by atoms with van der Waals surface area (Å²) in [6.07, 6.45) is 9.01. The Morgan fingerprint density at radius 1 is 1.15 bits per heavy atom. The van der Waals surface area contributed by atoms with Crippen LogP contribution in [-0.2, 0) is 4.74 Å². The molecule has 2 aliphatic heterocycles. The first-order valence-corrected chi connectivity index (χ1v) is 9.34. The zero-order chi connectivity index (χ0) is 18.2. The second-order valence-corrected chi connectivity index (χ2v) is 7.10. The molecule has 3 aliphatic rings. The van der Waals surface area contributed by atoms with E-state index in [4.69, 9.17) is 20.7 Å². The average Bonchev–Trinajstić information content (AvgIpc) is 3.29. The molecule has 4 heterocycles. The molecule has 0 unspecified atom stereocenters. The van der Waals surface area contributed by atoms with Crippen molar-refractivity contribution in [2.75, 3.05) is 13.2 Å². The molecule has 2 fully saturated rings. The summed E-state index contributed by atoms with van der Waals surface area (Å²) in [6, 6.07) is 0.272. The number of aliphatic imine (C=N–C) groups is 1. The summed E-state index contributed by atoms with van der Waals surface area (Å²) in [5, 5.41) is 4.61. The molecule has 1 aliphatic carbocycles. The predicted octanol–water partition coefficient (Wildman–Crippen LogP) is 3.48. The van der Waals surface area contributed by atoms with E-state index in [1.807, 2.05) is 4.68 Å². The van der Waals surface area contributed by atoms with Gasteiger partial charge in [-0.05, 0) is 38.2 Å². The maximum atomic E-state index is 5.73. The van der Waals surface area contributed by atoms with Crippen molar-refractivity contribution in [2.24, 2.45) is 10.9 Å². The van der Waals surface area contributed by atoms with Crippen molar-refractivity contribution in [3.05, 3.63) is 42.4 Å². The third kappa shape index (κ3) is 2.76. The summed E-state index contributed by atoms with van der Waals surface area (Å²) in [5.41, 5.74) is 5.06. The van der Waals surface area contributed by atoms with Crippen LogP contribution in [0.25, 0.3) is 5.57 Å². The van der Waals surface area contributed by atoms with Gasteiger partial charge in [-0.2, -0.15) is 5.10 Å². The molecule has 27 heavy (non-hydrogen) atoms. The van der Waals surface area contributed by atoms with Gasteiger partial charge in [-0.3, -0.25) is 0 Å². The minimum atomic E-state index is 0.208. The van der Waals surface area contributed by atoms with Gasteiger partial charge >= 0.3 is 0 Å². The molecule has 1 saturated carbocycles. The fraction of sp³-hybridized carbons (Fsp3) is 0.429. The maximum Gasteiger partial charge on any atom is 0.197 e. The Kier molecular flexibility index (Phi) is 4.05. The Morgan fingerprint density at radius 3 is 2.70 bits per heavy atom. The molecule has 5 rings (SSSR count). The van der Waals surface area contributed by atoms with E-state index in [-0.39, 0.29) is 17.9 Å². The Labute approximate surface area is 157 Å². The van der Waals surface area contributed by atoms with Crippen LogP contribution in [0.5, 0.6) is 0 Å². The standard InChI is InChI=1S/C21H19N4O2/c1-2-14-3-6-19(16-4-5-17(16)21-22-9-12-27-21)24-20-18(14)13-23-25(20)15-7-10-26-11-8-15/h1,9,12-13,15-17H,4-5,7-8,10-11H2/t2?,16-,17-/m1/s1. The van der Waals surface area contributed by atoms with E-state index in [1.165, 1.54) is 0 Å². The van der Waals surface area contributed by atoms with Crippen LogP contribution in [-0.4, -0.2) is 33.7 Å². The molecular formula is C21H19N4O2. The number of aromatic nitrogens is 3. The van der Waals surface area contributed by atoms with E-state index in [0.717, 1.165) is 61.9 Å². The van der Waals surface area contributed by atoms with Crippen LogP contribution in [0.1, 0.15) is 49.1 Å². The van der Waals surface area contributed by atoms with Gasteiger partial charge in [-0.15, -0.1) is 5.73 Å². The lowest BCUT2D eigenvalue weighted by atomic mass is 9.71. The number of hydrogen-bond donors (Lipinski definition) is 0. The topological polar surface area (TPSA) is 65.4 Å². The second kappa shape index (κ2) is 6.70. The molecule has 2 atom stereocenters. The number of ether oxygens (including phenoxy) is 1. The van der Waals surface area contributed by atoms with Gasteiger partial charge in [0, 0.05) is 25.0 Å². The molecule has 2 aromatic rings. The lowest BCUT2D eigenvalue weighted by Crippen LogP contribution is -2.31. The van der Waals surface area contributed by atoms with E-state index in [2.05, 4.69) is 27.7 Å². The molecular weight excluding hydrogens is 340 g/mol. The number of allylic oxidation sites excluding steroid dienone is 1. The predicted molar refractivity (Wildman–Crippen MR) is 99.4 cm³/mol. The Balaban J connectivity index is 1.55. The summed E-state index contributed by atoms with van der Waals surface area (Å²) in [4.78, 5) is 9.30. The number of hydrogen-bond acceptors (Lipinski definition) is 5. The van der Waals surface area contributed by atoms with Crippen molar-refractivity contribution in [3.63, 3.8) is 0 Å². The van der Waals surface area contributed by atoms with Crippen LogP contribution in [0.15, 0.2) is 33.8 Å². The minimum Gasteiger partial charge on any atom is -0.449 e. The third-order valence-electron chi connectivity index (χ3n) is 5.66. The number of nitrogens with zero attached hydrogens (tertiary/aromatic N) is 4. The molecule has 0 bridgehead atoms. The first-order chi connectivity index (χ1) is 13.3. The molecule has 0 spiro atoms. The maximum absolute atomic E-state index is 5.73. The van der Waals surface area contributed by atoms with Gasteiger partial charge in [0.15, 0.2) is 11.7 Å². The monoisotopic (exact) mass is 359 g/mol. The molecule has 6 nitrogen and oxygen atoms in total. The van der Waals surface area contributed by atoms with Crippen LogP contribution in [0.2, 0.25) is 0 Å². The van der Waals surface area contributed by atoms with Gasteiger partial charge in [-0.25, -0.2) is 14.7 Å². The van der Waals surface area contributed by atoms with Crippen molar-refractivity contribution < 1.29 is 9.15 Å². The molecule has 0 N–H and O–H groups in total. The number of rotatable bonds is 3. The summed E-state index contributed by atoms with van der Waals surface area (Å²) in [7, 11) is 0. The van der Waals surface area contributed by atoms with Crippen molar-refractivity contribution in [1.29, 1.82) is 0 Å². The normalized spacial score (nSPS) is 24.7. The molecule has 135 valence electrons. The van der Waals surface area contributed by atoms with Crippen LogP contribution in [0, 0.1) is 24.3 Å². The molecule has 1 radical (unpaired) electrons. The van der Waals surface area contributed by atoms with Crippen LogP contribution < -0.4 is 0 Å². The lowest BCUT2D eigenvalue weighted by molar-refractivity contribution is 0.0667. The highest BCUT2D eigenvalue weighted by Crippen LogP contribution is 2.44. The van der Waals surface area contributed by atoms with E-state index in [1.54, 1.807) is 18.7 Å². The summed E-state index contributed by atoms with van der Waals surface area (Å²) < 4.78 is 13.0. The zero-order valence-electron chi connectivity index (χ0n) is 14.9. The lowest BCUT2D eigenvalue weighted by Gasteiger charge is -2.33. The van der Waals surface area contributed by atoms with E-state index in [9.17, 15) is 0 Å². The van der Waals surface area contributed by atoms with Gasteiger partial charge in [0.2, 0.25) is 0 Å².